The summed E-state index contributed by atoms with van der Waals surface area (Å²) in [5.41, 5.74) is -1.91. The first-order chi connectivity index (χ1) is 17.2. The highest BCUT2D eigenvalue weighted by Gasteiger charge is 2.07. The van der Waals surface area contributed by atoms with Gasteiger partial charge in [0.2, 0.25) is 0 Å². The van der Waals surface area contributed by atoms with E-state index >= 15 is 0 Å². The van der Waals surface area contributed by atoms with Crippen LogP contribution in [0.15, 0.2) is 80.6 Å². The highest BCUT2D eigenvalue weighted by molar-refractivity contribution is 5.86. The fraction of sp³-hybridized carbons (Fsp3) is 0. The van der Waals surface area contributed by atoms with Crippen LogP contribution in [0.5, 0.6) is 0 Å². The van der Waals surface area contributed by atoms with Crippen molar-refractivity contribution in [3.05, 3.63) is 125 Å². The molecule has 0 atom stereocenters. The first kappa shape index (κ1) is 26.6. The second-order valence-electron chi connectivity index (χ2n) is 6.48. The third-order valence-corrected chi connectivity index (χ3v) is 3.98. The van der Waals surface area contributed by atoms with Crippen molar-refractivity contribution in [3.8, 4) is 0 Å². The second-order valence-corrected chi connectivity index (χ2v) is 6.48. The standard InChI is InChI=1S/C12H10N2.2C5H4N2O4/c1(11-3-7-13-8-4-11)2-12-5-9-14-10-6-12;2*8-3-2(4(9)10)1-6-5(11)7-3/h1-10H;2*1H,(H,9,10)(H2,6,7,8,11)/b2-1+;;. The zero-order chi connectivity index (χ0) is 26.5. The van der Waals surface area contributed by atoms with Crippen molar-refractivity contribution in [2.45, 2.75) is 0 Å². The van der Waals surface area contributed by atoms with Crippen molar-refractivity contribution in [1.29, 1.82) is 0 Å². The summed E-state index contributed by atoms with van der Waals surface area (Å²) >= 11 is 0. The number of pyridine rings is 2. The van der Waals surface area contributed by atoms with Crippen LogP contribution in [0, 0.1) is 0 Å². The Morgan fingerprint density at radius 1 is 0.639 bits per heavy atom. The normalized spacial score (nSPS) is 9.89. The van der Waals surface area contributed by atoms with Gasteiger partial charge in [-0.3, -0.25) is 29.5 Å². The van der Waals surface area contributed by atoms with Crippen LogP contribution in [-0.2, 0) is 0 Å². The molecule has 0 radical (unpaired) electrons. The molecule has 4 rings (SSSR count). The van der Waals surface area contributed by atoms with Gasteiger partial charge in [0.25, 0.3) is 11.1 Å². The molecule has 0 amide bonds. The highest BCUT2D eigenvalue weighted by Crippen LogP contribution is 2.05. The molecule has 0 spiro atoms. The molecule has 0 bridgehead atoms. The average Bonchev–Trinajstić information content (AvgIpc) is 2.84. The third kappa shape index (κ3) is 8.70. The lowest BCUT2D eigenvalue weighted by molar-refractivity contribution is 0.0683. The van der Waals surface area contributed by atoms with Gasteiger partial charge in [-0.25, -0.2) is 19.2 Å². The summed E-state index contributed by atoms with van der Waals surface area (Å²) in [6.07, 6.45) is 12.9. The summed E-state index contributed by atoms with van der Waals surface area (Å²) in [5, 5.41) is 16.6. The minimum Gasteiger partial charge on any atom is -0.477 e. The fourth-order valence-electron chi connectivity index (χ4n) is 2.28. The van der Waals surface area contributed by atoms with E-state index in [1.807, 2.05) is 34.2 Å². The van der Waals surface area contributed by atoms with Gasteiger partial charge in [0.1, 0.15) is 11.1 Å². The van der Waals surface area contributed by atoms with E-state index in [1.54, 1.807) is 34.8 Å². The smallest absolute Gasteiger partial charge is 0.342 e. The van der Waals surface area contributed by atoms with Gasteiger partial charge in [-0.1, -0.05) is 12.2 Å². The van der Waals surface area contributed by atoms with Crippen molar-refractivity contribution in [3.63, 3.8) is 0 Å². The number of hydrogen-bond acceptors (Lipinski definition) is 8. The van der Waals surface area contributed by atoms with Gasteiger partial charge in [0.15, 0.2) is 0 Å². The van der Waals surface area contributed by atoms with Gasteiger partial charge in [-0.05, 0) is 35.4 Å². The van der Waals surface area contributed by atoms with Gasteiger partial charge in [-0.15, -0.1) is 0 Å². The number of hydrogen-bond donors (Lipinski definition) is 6. The number of aromatic amines is 4. The molecule has 0 aliphatic rings. The number of carbonyl (C=O) groups is 2. The quantitative estimate of drug-likeness (QED) is 0.225. The predicted octanol–water partition coefficient (Wildman–Crippen LogP) is 0.170. The van der Waals surface area contributed by atoms with Gasteiger partial charge in [-0.2, -0.15) is 0 Å². The number of rotatable bonds is 4. The van der Waals surface area contributed by atoms with E-state index in [9.17, 15) is 28.8 Å². The Kier molecular flexibility index (Phi) is 9.71. The Labute approximate surface area is 199 Å². The molecule has 6 N–H and O–H groups in total. The third-order valence-electron chi connectivity index (χ3n) is 3.98. The maximum Gasteiger partial charge on any atom is 0.342 e. The van der Waals surface area contributed by atoms with Gasteiger partial charge in [0, 0.05) is 37.2 Å². The number of H-pyrrole nitrogens is 4. The van der Waals surface area contributed by atoms with Crippen molar-refractivity contribution in [2.24, 2.45) is 0 Å². The van der Waals surface area contributed by atoms with Gasteiger partial charge < -0.3 is 20.2 Å². The van der Waals surface area contributed by atoms with E-state index in [2.05, 4.69) is 22.1 Å². The van der Waals surface area contributed by atoms with Crippen LogP contribution in [0.1, 0.15) is 31.8 Å². The van der Waals surface area contributed by atoms with Gasteiger partial charge >= 0.3 is 23.3 Å². The first-order valence-electron chi connectivity index (χ1n) is 9.76. The molecule has 4 aromatic rings. The fourth-order valence-corrected chi connectivity index (χ4v) is 2.28. The number of nitrogens with one attached hydrogen (secondary N) is 4. The van der Waals surface area contributed by atoms with Crippen LogP contribution in [0.25, 0.3) is 12.2 Å². The lowest BCUT2D eigenvalue weighted by Crippen LogP contribution is -2.26. The summed E-state index contributed by atoms with van der Waals surface area (Å²) in [6.45, 7) is 0. The topological polar surface area (TPSA) is 232 Å². The number of nitrogens with zero attached hydrogens (tertiary/aromatic N) is 2. The van der Waals surface area contributed by atoms with E-state index < -0.39 is 45.6 Å². The number of aromatic nitrogens is 6. The first-order valence-corrected chi connectivity index (χ1v) is 9.76. The van der Waals surface area contributed by atoms with E-state index in [1.165, 1.54) is 0 Å². The average molecular weight is 494 g/mol. The van der Waals surface area contributed by atoms with Crippen molar-refractivity contribution < 1.29 is 19.8 Å². The van der Waals surface area contributed by atoms with E-state index in [4.69, 9.17) is 10.2 Å². The molecule has 0 aliphatic carbocycles. The van der Waals surface area contributed by atoms with Crippen molar-refractivity contribution in [2.75, 3.05) is 0 Å². The number of aromatic carboxylic acids is 2. The van der Waals surface area contributed by atoms with Crippen molar-refractivity contribution in [1.82, 2.24) is 29.9 Å². The Balaban J connectivity index is 0.000000193. The molecule has 0 aromatic carbocycles. The minimum atomic E-state index is -1.37. The summed E-state index contributed by atoms with van der Waals surface area (Å²) in [4.78, 5) is 77.9. The van der Waals surface area contributed by atoms with E-state index in [0.29, 0.717) is 0 Å². The maximum absolute atomic E-state index is 10.6. The zero-order valence-corrected chi connectivity index (χ0v) is 18.2. The van der Waals surface area contributed by atoms with Crippen LogP contribution in [0.4, 0.5) is 0 Å². The predicted molar refractivity (Wildman–Crippen MR) is 127 cm³/mol. The second kappa shape index (κ2) is 13.1. The lowest BCUT2D eigenvalue weighted by atomic mass is 10.2. The molecule has 14 nitrogen and oxygen atoms in total. The molecule has 0 fully saturated rings. The Morgan fingerprint density at radius 2 is 0.972 bits per heavy atom. The van der Waals surface area contributed by atoms with Crippen LogP contribution in [0.2, 0.25) is 0 Å². The number of carboxylic acid groups (broad SMARTS) is 2. The molecule has 4 heterocycles. The van der Waals surface area contributed by atoms with E-state index in [-0.39, 0.29) is 0 Å². The van der Waals surface area contributed by atoms with Crippen LogP contribution < -0.4 is 22.5 Å². The molecule has 36 heavy (non-hydrogen) atoms. The largest absolute Gasteiger partial charge is 0.477 e. The molecule has 0 saturated heterocycles. The monoisotopic (exact) mass is 494 g/mol. The van der Waals surface area contributed by atoms with Crippen LogP contribution in [-0.4, -0.2) is 52.1 Å². The summed E-state index contributed by atoms with van der Waals surface area (Å²) < 4.78 is 0. The Bertz CT molecular complexity index is 1450. The van der Waals surface area contributed by atoms with Crippen LogP contribution in [0.3, 0.4) is 0 Å². The molecule has 14 heteroatoms. The Morgan fingerprint density at radius 3 is 1.25 bits per heavy atom. The summed E-state index contributed by atoms with van der Waals surface area (Å²) in [7, 11) is 0. The molecular weight excluding hydrogens is 476 g/mol. The van der Waals surface area contributed by atoms with Gasteiger partial charge in [0.05, 0.1) is 0 Å². The zero-order valence-electron chi connectivity index (χ0n) is 18.2. The SMILES string of the molecule is C(=C\c1ccncc1)/c1ccncc1.O=C(O)c1c[nH]c(=O)[nH]c1=O.O=C(O)c1c[nH]c(=O)[nH]c1=O. The maximum atomic E-state index is 10.6. The Hall–Kier alpha value is -5.66. The molecule has 0 saturated carbocycles. The molecule has 0 aliphatic heterocycles. The van der Waals surface area contributed by atoms with Crippen LogP contribution >= 0.6 is 0 Å². The summed E-state index contributed by atoms with van der Waals surface area (Å²) in [5.74, 6) is -2.75. The molecule has 0 unspecified atom stereocenters. The van der Waals surface area contributed by atoms with E-state index in [0.717, 1.165) is 23.5 Å². The minimum absolute atomic E-state index is 0.482. The molecule has 184 valence electrons. The lowest BCUT2D eigenvalue weighted by Gasteiger charge is -1.92. The van der Waals surface area contributed by atoms with Crippen molar-refractivity contribution >= 4 is 24.1 Å². The number of carboxylic acids is 2. The summed E-state index contributed by atoms with van der Waals surface area (Å²) in [6, 6.07) is 7.88. The molecule has 4 aromatic heterocycles. The molecular formula is C22H18N6O8. The highest BCUT2D eigenvalue weighted by atomic mass is 16.4.